The van der Waals surface area contributed by atoms with E-state index in [9.17, 15) is 4.79 Å². The predicted octanol–water partition coefficient (Wildman–Crippen LogP) is 1.40. The van der Waals surface area contributed by atoms with Gasteiger partial charge in [0.05, 0.1) is 12.6 Å². The molecule has 2 atom stereocenters. The molecule has 0 bridgehead atoms. The highest BCUT2D eigenvalue weighted by atomic mass is 35.5. The molecule has 0 saturated carbocycles. The molecule has 0 aliphatic carbocycles. The maximum atomic E-state index is 11.4. The maximum Gasteiger partial charge on any atom is 0.223 e. The van der Waals surface area contributed by atoms with Crippen molar-refractivity contribution in [2.75, 3.05) is 19.6 Å². The molecule has 0 heterocycles. The van der Waals surface area contributed by atoms with Crippen LogP contribution >= 0.6 is 11.6 Å². The first kappa shape index (κ1) is 12.7. The number of methoxy groups -OCH3 is 1. The molecule has 1 amide bonds. The maximum absolute atomic E-state index is 11.4. The average molecular weight is 208 g/mol. The second-order valence-corrected chi connectivity index (χ2v) is 3.43. The van der Waals surface area contributed by atoms with Gasteiger partial charge in [0.1, 0.15) is 0 Å². The molecule has 0 aromatic carbocycles. The van der Waals surface area contributed by atoms with E-state index in [0.717, 1.165) is 6.42 Å². The molecule has 0 aromatic heterocycles. The van der Waals surface area contributed by atoms with Crippen LogP contribution in [0.5, 0.6) is 0 Å². The Labute approximate surface area is 84.8 Å². The molecule has 0 aliphatic heterocycles. The minimum atomic E-state index is -0.0758. The topological polar surface area (TPSA) is 38.3 Å². The molecule has 0 spiro atoms. The lowest BCUT2D eigenvalue weighted by Crippen LogP contribution is -2.41. The number of carbonyl (C=O) groups is 1. The van der Waals surface area contributed by atoms with Crippen LogP contribution in [0.1, 0.15) is 20.3 Å². The quantitative estimate of drug-likeness (QED) is 0.669. The van der Waals surface area contributed by atoms with Gasteiger partial charge in [-0.3, -0.25) is 4.79 Å². The van der Waals surface area contributed by atoms with Crippen molar-refractivity contribution in [2.24, 2.45) is 5.92 Å². The van der Waals surface area contributed by atoms with E-state index >= 15 is 0 Å². The molecule has 0 rings (SSSR count). The molecule has 13 heavy (non-hydrogen) atoms. The van der Waals surface area contributed by atoms with Gasteiger partial charge >= 0.3 is 0 Å². The highest BCUT2D eigenvalue weighted by Crippen LogP contribution is 2.01. The second-order valence-electron chi connectivity index (χ2n) is 3.12. The number of ether oxygens (including phenoxy) is 1. The van der Waals surface area contributed by atoms with Crippen LogP contribution < -0.4 is 5.32 Å². The monoisotopic (exact) mass is 207 g/mol. The molecule has 4 heteroatoms. The molecule has 0 aromatic rings. The SMILES string of the molecule is CCC(C)C(=O)NC(CCl)COC. The van der Waals surface area contributed by atoms with Crippen LogP contribution in [0.2, 0.25) is 0 Å². The summed E-state index contributed by atoms with van der Waals surface area (Å²) in [5.74, 6) is 0.475. The van der Waals surface area contributed by atoms with Gasteiger partial charge in [0, 0.05) is 18.9 Å². The largest absolute Gasteiger partial charge is 0.383 e. The zero-order valence-electron chi connectivity index (χ0n) is 8.47. The van der Waals surface area contributed by atoms with Gasteiger partial charge in [-0.25, -0.2) is 0 Å². The number of hydrogen-bond acceptors (Lipinski definition) is 2. The first-order valence-electron chi connectivity index (χ1n) is 4.50. The van der Waals surface area contributed by atoms with Crippen LogP contribution in [0.3, 0.4) is 0 Å². The van der Waals surface area contributed by atoms with Crippen molar-refractivity contribution in [1.82, 2.24) is 5.32 Å². The fraction of sp³-hybridized carbons (Fsp3) is 0.889. The van der Waals surface area contributed by atoms with Gasteiger partial charge in [0.2, 0.25) is 5.91 Å². The molecule has 0 saturated heterocycles. The highest BCUT2D eigenvalue weighted by molar-refractivity contribution is 6.18. The average Bonchev–Trinajstić information content (AvgIpc) is 2.15. The van der Waals surface area contributed by atoms with Crippen LogP contribution in [0.25, 0.3) is 0 Å². The van der Waals surface area contributed by atoms with Crippen LogP contribution in [0.15, 0.2) is 0 Å². The summed E-state index contributed by atoms with van der Waals surface area (Å²) in [5, 5.41) is 2.82. The normalized spacial score (nSPS) is 15.1. The zero-order valence-corrected chi connectivity index (χ0v) is 9.23. The summed E-state index contributed by atoms with van der Waals surface area (Å²) in [4.78, 5) is 11.4. The van der Waals surface area contributed by atoms with E-state index in [0.29, 0.717) is 12.5 Å². The third-order valence-electron chi connectivity index (χ3n) is 1.96. The van der Waals surface area contributed by atoms with Crippen molar-refractivity contribution < 1.29 is 9.53 Å². The molecule has 1 N–H and O–H groups in total. The van der Waals surface area contributed by atoms with E-state index in [2.05, 4.69) is 5.32 Å². The number of halogens is 1. The van der Waals surface area contributed by atoms with Crippen LogP contribution in [0, 0.1) is 5.92 Å². The van der Waals surface area contributed by atoms with Crippen molar-refractivity contribution in [3.63, 3.8) is 0 Å². The summed E-state index contributed by atoms with van der Waals surface area (Å²) < 4.78 is 4.91. The second kappa shape index (κ2) is 7.15. The van der Waals surface area contributed by atoms with Gasteiger partial charge in [-0.2, -0.15) is 0 Å². The molecule has 0 radical (unpaired) electrons. The van der Waals surface area contributed by atoms with E-state index in [4.69, 9.17) is 16.3 Å². The fourth-order valence-electron chi connectivity index (χ4n) is 0.855. The smallest absolute Gasteiger partial charge is 0.223 e. The Hall–Kier alpha value is -0.280. The highest BCUT2D eigenvalue weighted by Gasteiger charge is 2.15. The summed E-state index contributed by atoms with van der Waals surface area (Å²) >= 11 is 5.64. The van der Waals surface area contributed by atoms with Gasteiger partial charge in [0.25, 0.3) is 0 Å². The van der Waals surface area contributed by atoms with Crippen molar-refractivity contribution >= 4 is 17.5 Å². The zero-order chi connectivity index (χ0) is 10.3. The van der Waals surface area contributed by atoms with E-state index in [1.165, 1.54) is 0 Å². The van der Waals surface area contributed by atoms with Gasteiger partial charge in [-0.1, -0.05) is 13.8 Å². The number of nitrogens with one attached hydrogen (secondary N) is 1. The Morgan fingerprint density at radius 1 is 1.62 bits per heavy atom. The summed E-state index contributed by atoms with van der Waals surface area (Å²) in [6.07, 6.45) is 0.841. The number of alkyl halides is 1. The summed E-state index contributed by atoms with van der Waals surface area (Å²) in [6, 6.07) is -0.0758. The molecule has 0 fully saturated rings. The molecular weight excluding hydrogens is 190 g/mol. The Morgan fingerprint density at radius 3 is 2.62 bits per heavy atom. The van der Waals surface area contributed by atoms with Crippen LogP contribution in [0.4, 0.5) is 0 Å². The minimum absolute atomic E-state index is 0.0440. The van der Waals surface area contributed by atoms with Gasteiger partial charge < -0.3 is 10.1 Å². The van der Waals surface area contributed by atoms with Crippen molar-refractivity contribution in [3.05, 3.63) is 0 Å². The Morgan fingerprint density at radius 2 is 2.23 bits per heavy atom. The van der Waals surface area contributed by atoms with Gasteiger partial charge in [0.15, 0.2) is 0 Å². The molecule has 78 valence electrons. The summed E-state index contributed by atoms with van der Waals surface area (Å²) in [7, 11) is 1.59. The Bertz CT molecular complexity index is 153. The first-order valence-corrected chi connectivity index (χ1v) is 5.04. The lowest BCUT2D eigenvalue weighted by molar-refractivity contribution is -0.125. The van der Waals surface area contributed by atoms with E-state index in [1.54, 1.807) is 7.11 Å². The number of hydrogen-bond donors (Lipinski definition) is 1. The third-order valence-corrected chi connectivity index (χ3v) is 2.33. The van der Waals surface area contributed by atoms with E-state index in [-0.39, 0.29) is 17.9 Å². The van der Waals surface area contributed by atoms with Crippen LogP contribution in [-0.4, -0.2) is 31.5 Å². The third kappa shape index (κ3) is 5.11. The van der Waals surface area contributed by atoms with Crippen molar-refractivity contribution in [1.29, 1.82) is 0 Å². The number of rotatable bonds is 6. The molecule has 2 unspecified atom stereocenters. The van der Waals surface area contributed by atoms with Crippen molar-refractivity contribution in [2.45, 2.75) is 26.3 Å². The lowest BCUT2D eigenvalue weighted by Gasteiger charge is -2.17. The van der Waals surface area contributed by atoms with E-state index in [1.807, 2.05) is 13.8 Å². The Balaban J connectivity index is 3.85. The molecular formula is C9H18ClNO2. The standard InChI is InChI=1S/C9H18ClNO2/c1-4-7(2)9(12)11-8(5-10)6-13-3/h7-8H,4-6H2,1-3H3,(H,11,12). The van der Waals surface area contributed by atoms with E-state index < -0.39 is 0 Å². The first-order chi connectivity index (χ1) is 6.15. The lowest BCUT2D eigenvalue weighted by atomic mass is 10.1. The minimum Gasteiger partial charge on any atom is -0.383 e. The van der Waals surface area contributed by atoms with Crippen molar-refractivity contribution in [3.8, 4) is 0 Å². The van der Waals surface area contributed by atoms with Crippen LogP contribution in [-0.2, 0) is 9.53 Å². The number of amides is 1. The summed E-state index contributed by atoms with van der Waals surface area (Å²) in [6.45, 7) is 4.34. The van der Waals surface area contributed by atoms with Gasteiger partial charge in [-0.05, 0) is 6.42 Å². The Kier molecular flexibility index (Phi) is 7.00. The van der Waals surface area contributed by atoms with Gasteiger partial charge in [-0.15, -0.1) is 11.6 Å². The summed E-state index contributed by atoms with van der Waals surface area (Å²) in [5.41, 5.74) is 0. The fourth-order valence-corrected chi connectivity index (χ4v) is 1.02. The molecule has 0 aliphatic rings. The molecule has 3 nitrogen and oxygen atoms in total. The number of carbonyl (C=O) groups excluding carboxylic acids is 1. The predicted molar refractivity (Wildman–Crippen MR) is 54.0 cm³/mol.